The van der Waals surface area contributed by atoms with Gasteiger partial charge in [0, 0.05) is 36.0 Å². The average Bonchev–Trinajstić information content (AvgIpc) is 2.56. The Hall–Kier alpha value is -2.59. The third kappa shape index (κ3) is 3.12. The topological polar surface area (TPSA) is 60.2 Å². The molecule has 118 valence electrons. The van der Waals surface area contributed by atoms with Crippen LogP contribution in [0.25, 0.3) is 21.9 Å². The van der Waals surface area contributed by atoms with Crippen LogP contribution < -0.4 is 11.1 Å². The fourth-order valence-corrected chi connectivity index (χ4v) is 2.81. The molecule has 0 amide bonds. The Kier molecular flexibility index (Phi) is 4.44. The van der Waals surface area contributed by atoms with E-state index in [-0.39, 0.29) is 0 Å². The van der Waals surface area contributed by atoms with Crippen molar-refractivity contribution in [2.24, 2.45) is 0 Å². The number of nitrogens with two attached hydrogens (primary N) is 1. The van der Waals surface area contributed by atoms with Gasteiger partial charge in [-0.05, 0) is 30.0 Å². The van der Waals surface area contributed by atoms with Crippen molar-refractivity contribution >= 4 is 22.3 Å². The van der Waals surface area contributed by atoms with E-state index < -0.39 is 0 Å². The van der Waals surface area contributed by atoms with Crippen LogP contribution in [0.1, 0.15) is 5.69 Å². The van der Waals surface area contributed by atoms with Gasteiger partial charge in [0.15, 0.2) is 0 Å². The Morgan fingerprint density at radius 2 is 1.74 bits per heavy atom. The van der Waals surface area contributed by atoms with Gasteiger partial charge in [-0.25, -0.2) is 4.98 Å². The molecule has 0 bridgehead atoms. The second-order valence-electron chi connectivity index (χ2n) is 5.51. The van der Waals surface area contributed by atoms with Gasteiger partial charge in [0.05, 0.1) is 6.61 Å². The van der Waals surface area contributed by atoms with E-state index in [1.807, 2.05) is 37.3 Å². The van der Waals surface area contributed by atoms with E-state index >= 15 is 0 Å². The number of aromatic nitrogens is 1. The number of aryl methyl sites for hydroxylation is 1. The number of nitrogens with one attached hydrogen (secondary N) is 1. The molecule has 23 heavy (non-hydrogen) atoms. The Balaban J connectivity index is 2.14. The summed E-state index contributed by atoms with van der Waals surface area (Å²) in [7, 11) is 1.70. The molecule has 4 heteroatoms. The summed E-state index contributed by atoms with van der Waals surface area (Å²) in [6.45, 7) is 3.42. The molecule has 4 nitrogen and oxygen atoms in total. The molecule has 1 heterocycles. The number of hydrogen-bond donors (Lipinski definition) is 2. The van der Waals surface area contributed by atoms with Crippen molar-refractivity contribution in [2.45, 2.75) is 6.92 Å². The number of methoxy groups -OCH3 is 1. The molecule has 0 aliphatic rings. The number of benzene rings is 2. The van der Waals surface area contributed by atoms with Crippen molar-refractivity contribution < 1.29 is 4.74 Å². The minimum absolute atomic E-state index is 0.648. The maximum atomic E-state index is 5.81. The smallest absolute Gasteiger partial charge is 0.134 e. The van der Waals surface area contributed by atoms with Crippen molar-refractivity contribution in [3.63, 3.8) is 0 Å². The van der Waals surface area contributed by atoms with Crippen molar-refractivity contribution in [1.29, 1.82) is 0 Å². The summed E-state index contributed by atoms with van der Waals surface area (Å²) < 4.78 is 5.11. The lowest BCUT2D eigenvalue weighted by Crippen LogP contribution is -2.10. The average molecular weight is 307 g/mol. The summed E-state index contributed by atoms with van der Waals surface area (Å²) in [6, 6.07) is 16.3. The molecule has 1 aromatic heterocycles. The van der Waals surface area contributed by atoms with Gasteiger partial charge in [0.1, 0.15) is 5.82 Å². The monoisotopic (exact) mass is 307 g/mol. The number of nitrogen functional groups attached to an aromatic ring is 1. The Morgan fingerprint density at radius 3 is 2.43 bits per heavy atom. The predicted octanol–water partition coefficient (Wildman–Crippen LogP) is 3.85. The first kappa shape index (κ1) is 15.3. The Bertz CT molecular complexity index is 813. The van der Waals surface area contributed by atoms with Crippen LogP contribution in [0.2, 0.25) is 0 Å². The van der Waals surface area contributed by atoms with E-state index in [1.165, 1.54) is 5.39 Å². The van der Waals surface area contributed by atoms with E-state index in [2.05, 4.69) is 23.5 Å². The Morgan fingerprint density at radius 1 is 1.04 bits per heavy atom. The third-order valence-corrected chi connectivity index (χ3v) is 3.89. The van der Waals surface area contributed by atoms with Gasteiger partial charge in [-0.15, -0.1) is 0 Å². The summed E-state index contributed by atoms with van der Waals surface area (Å²) in [5, 5.41) is 5.66. The molecular formula is C19H21N3O. The zero-order valence-electron chi connectivity index (χ0n) is 13.5. The van der Waals surface area contributed by atoms with E-state index in [9.17, 15) is 0 Å². The van der Waals surface area contributed by atoms with Crippen molar-refractivity contribution in [2.75, 3.05) is 31.3 Å². The summed E-state index contributed by atoms with van der Waals surface area (Å²) in [5.74, 6) is 0.898. The third-order valence-electron chi connectivity index (χ3n) is 3.89. The van der Waals surface area contributed by atoms with Crippen LogP contribution >= 0.6 is 0 Å². The number of rotatable bonds is 5. The van der Waals surface area contributed by atoms with Crippen LogP contribution in [0.3, 0.4) is 0 Å². The molecule has 0 aliphatic carbocycles. The molecule has 0 spiro atoms. The van der Waals surface area contributed by atoms with Gasteiger partial charge in [-0.1, -0.05) is 36.4 Å². The van der Waals surface area contributed by atoms with Gasteiger partial charge in [-0.3, -0.25) is 0 Å². The quantitative estimate of drug-likeness (QED) is 0.555. The highest BCUT2D eigenvalue weighted by molar-refractivity contribution is 6.03. The molecule has 3 N–H and O–H groups in total. The van der Waals surface area contributed by atoms with Gasteiger partial charge in [0.2, 0.25) is 0 Å². The summed E-state index contributed by atoms with van der Waals surface area (Å²) in [5.41, 5.74) is 9.85. The highest BCUT2D eigenvalue weighted by Gasteiger charge is 2.12. The fourth-order valence-electron chi connectivity index (χ4n) is 2.81. The molecule has 2 aromatic carbocycles. The number of hydrogen-bond acceptors (Lipinski definition) is 4. The van der Waals surface area contributed by atoms with Crippen LogP contribution in [-0.2, 0) is 4.74 Å². The second-order valence-corrected chi connectivity index (χ2v) is 5.51. The van der Waals surface area contributed by atoms with Gasteiger partial charge < -0.3 is 15.8 Å². The second kappa shape index (κ2) is 6.67. The molecule has 3 aromatic rings. The minimum atomic E-state index is 0.648. The highest BCUT2D eigenvalue weighted by atomic mass is 16.5. The van der Waals surface area contributed by atoms with Gasteiger partial charge >= 0.3 is 0 Å². The molecule has 0 atom stereocenters. The first-order valence-electron chi connectivity index (χ1n) is 7.69. The SMILES string of the molecule is COCCNc1nc(C)c(-c2ccc(N)cc2)c2ccccc12. The van der Waals surface area contributed by atoms with Crippen LogP contribution in [0.5, 0.6) is 0 Å². The summed E-state index contributed by atoms with van der Waals surface area (Å²) in [6.07, 6.45) is 0. The van der Waals surface area contributed by atoms with Crippen LogP contribution in [0, 0.1) is 6.92 Å². The molecule has 0 fully saturated rings. The van der Waals surface area contributed by atoms with Crippen molar-refractivity contribution in [3.05, 3.63) is 54.2 Å². The van der Waals surface area contributed by atoms with E-state index in [1.54, 1.807) is 7.11 Å². The first-order valence-corrected chi connectivity index (χ1v) is 7.69. The zero-order valence-corrected chi connectivity index (χ0v) is 13.5. The standard InChI is InChI=1S/C19H21N3O/c1-13-18(14-7-9-15(20)10-8-14)16-5-3-4-6-17(16)19(22-13)21-11-12-23-2/h3-10H,11-12,20H2,1-2H3,(H,21,22). The molecule has 0 aliphatic heterocycles. The molecule has 0 saturated carbocycles. The normalized spacial score (nSPS) is 10.9. The van der Waals surface area contributed by atoms with E-state index in [0.717, 1.165) is 40.3 Å². The molecule has 0 unspecified atom stereocenters. The highest BCUT2D eigenvalue weighted by Crippen LogP contribution is 2.34. The number of anilines is 2. The van der Waals surface area contributed by atoms with E-state index in [0.29, 0.717) is 6.61 Å². The van der Waals surface area contributed by atoms with Crippen LogP contribution in [0.4, 0.5) is 11.5 Å². The lowest BCUT2D eigenvalue weighted by atomic mass is 9.97. The summed E-state index contributed by atoms with van der Waals surface area (Å²) in [4.78, 5) is 4.77. The lowest BCUT2D eigenvalue weighted by Gasteiger charge is -2.15. The maximum absolute atomic E-state index is 5.81. The number of fused-ring (bicyclic) bond motifs is 1. The summed E-state index contributed by atoms with van der Waals surface area (Å²) >= 11 is 0. The number of pyridine rings is 1. The maximum Gasteiger partial charge on any atom is 0.134 e. The van der Waals surface area contributed by atoms with Crippen LogP contribution in [0.15, 0.2) is 48.5 Å². The van der Waals surface area contributed by atoms with Gasteiger partial charge in [0.25, 0.3) is 0 Å². The van der Waals surface area contributed by atoms with Gasteiger partial charge in [-0.2, -0.15) is 0 Å². The Labute approximate surface area is 136 Å². The van der Waals surface area contributed by atoms with Crippen molar-refractivity contribution in [1.82, 2.24) is 4.98 Å². The van der Waals surface area contributed by atoms with Crippen molar-refractivity contribution in [3.8, 4) is 11.1 Å². The fraction of sp³-hybridized carbons (Fsp3) is 0.211. The first-order chi connectivity index (χ1) is 11.2. The van der Waals surface area contributed by atoms with Crippen LogP contribution in [-0.4, -0.2) is 25.2 Å². The predicted molar refractivity (Wildman–Crippen MR) is 96.7 cm³/mol. The molecule has 3 rings (SSSR count). The molecular weight excluding hydrogens is 286 g/mol. The minimum Gasteiger partial charge on any atom is -0.399 e. The zero-order chi connectivity index (χ0) is 16.2. The number of nitrogens with zero attached hydrogens (tertiary/aromatic N) is 1. The largest absolute Gasteiger partial charge is 0.399 e. The molecule has 0 saturated heterocycles. The lowest BCUT2D eigenvalue weighted by molar-refractivity contribution is 0.210. The van der Waals surface area contributed by atoms with E-state index in [4.69, 9.17) is 15.5 Å². The molecule has 0 radical (unpaired) electrons. The number of ether oxygens (including phenoxy) is 1.